The molecule has 6 heteroatoms. The topological polar surface area (TPSA) is 60.0 Å². The molecule has 0 bridgehead atoms. The third kappa shape index (κ3) is 3.21. The first kappa shape index (κ1) is 15.7. The second-order valence-electron chi connectivity index (χ2n) is 6.69. The molecular formula is C18H24N2O4. The van der Waals surface area contributed by atoms with E-state index in [0.29, 0.717) is 26.4 Å². The van der Waals surface area contributed by atoms with E-state index in [4.69, 9.17) is 14.2 Å². The summed E-state index contributed by atoms with van der Waals surface area (Å²) in [5.74, 6) is 0.553. The van der Waals surface area contributed by atoms with Crippen molar-refractivity contribution in [1.29, 1.82) is 0 Å². The number of para-hydroxylation sites is 2. The Balaban J connectivity index is 1.30. The van der Waals surface area contributed by atoms with Gasteiger partial charge in [0.15, 0.2) is 5.79 Å². The number of hydrogen-bond donors (Lipinski definition) is 1. The van der Waals surface area contributed by atoms with E-state index in [2.05, 4.69) is 10.2 Å². The zero-order valence-corrected chi connectivity index (χ0v) is 13.8. The monoisotopic (exact) mass is 332 g/mol. The van der Waals surface area contributed by atoms with Gasteiger partial charge in [0, 0.05) is 18.9 Å². The van der Waals surface area contributed by atoms with Gasteiger partial charge in [-0.1, -0.05) is 12.1 Å². The van der Waals surface area contributed by atoms with Crippen LogP contribution in [0.2, 0.25) is 0 Å². The molecule has 1 spiro atoms. The Kier molecular flexibility index (Phi) is 4.33. The molecule has 2 aliphatic heterocycles. The molecule has 1 aliphatic carbocycles. The number of nitrogens with zero attached hydrogens (tertiary/aromatic N) is 1. The fraction of sp³-hybridized carbons (Fsp3) is 0.611. The lowest BCUT2D eigenvalue weighted by Gasteiger charge is -2.36. The van der Waals surface area contributed by atoms with Gasteiger partial charge in [-0.3, -0.25) is 4.79 Å². The van der Waals surface area contributed by atoms with Gasteiger partial charge < -0.3 is 24.4 Å². The van der Waals surface area contributed by atoms with Crippen LogP contribution in [-0.4, -0.2) is 50.6 Å². The van der Waals surface area contributed by atoms with Gasteiger partial charge in [-0.05, 0) is 25.0 Å². The number of carbonyl (C=O) groups excluding carboxylic acids is 1. The molecule has 0 aromatic heterocycles. The number of rotatable bonds is 3. The Labute approximate surface area is 142 Å². The van der Waals surface area contributed by atoms with Crippen LogP contribution in [0.5, 0.6) is 5.75 Å². The van der Waals surface area contributed by atoms with E-state index in [1.54, 1.807) is 0 Å². The minimum Gasteiger partial charge on any atom is -0.490 e. The fourth-order valence-corrected chi connectivity index (χ4v) is 3.83. The molecule has 130 valence electrons. The van der Waals surface area contributed by atoms with Crippen molar-refractivity contribution in [2.24, 2.45) is 0 Å². The van der Waals surface area contributed by atoms with E-state index in [1.807, 2.05) is 24.3 Å². The number of benzene rings is 1. The maximum Gasteiger partial charge on any atom is 0.239 e. The van der Waals surface area contributed by atoms with E-state index in [0.717, 1.165) is 43.7 Å². The van der Waals surface area contributed by atoms with Crippen molar-refractivity contribution in [3.05, 3.63) is 24.3 Å². The third-order valence-corrected chi connectivity index (χ3v) is 5.09. The molecule has 1 saturated heterocycles. The van der Waals surface area contributed by atoms with E-state index < -0.39 is 0 Å². The highest BCUT2D eigenvalue weighted by Crippen LogP contribution is 2.36. The number of fused-ring (bicyclic) bond motifs is 1. The van der Waals surface area contributed by atoms with E-state index in [9.17, 15) is 4.79 Å². The van der Waals surface area contributed by atoms with Crippen molar-refractivity contribution in [1.82, 2.24) is 5.32 Å². The van der Waals surface area contributed by atoms with Gasteiger partial charge in [0.25, 0.3) is 0 Å². The highest BCUT2D eigenvalue weighted by atomic mass is 16.7. The summed E-state index contributed by atoms with van der Waals surface area (Å²) < 4.78 is 17.1. The SMILES string of the molecule is O=C(CN1CCOc2ccccc21)NC1CCC2(CC1)OCCO2. The lowest BCUT2D eigenvalue weighted by Crippen LogP contribution is -2.47. The molecular weight excluding hydrogens is 308 g/mol. The smallest absolute Gasteiger partial charge is 0.239 e. The van der Waals surface area contributed by atoms with Crippen molar-refractivity contribution < 1.29 is 19.0 Å². The summed E-state index contributed by atoms with van der Waals surface area (Å²) in [5, 5.41) is 3.17. The van der Waals surface area contributed by atoms with Crippen LogP contribution in [0, 0.1) is 0 Å². The predicted molar refractivity (Wildman–Crippen MR) is 89.2 cm³/mol. The number of nitrogens with one attached hydrogen (secondary N) is 1. The van der Waals surface area contributed by atoms with Crippen LogP contribution >= 0.6 is 0 Å². The van der Waals surface area contributed by atoms with E-state index in [-0.39, 0.29) is 17.7 Å². The highest BCUT2D eigenvalue weighted by Gasteiger charge is 2.40. The summed E-state index contributed by atoms with van der Waals surface area (Å²) in [4.78, 5) is 14.5. The Morgan fingerprint density at radius 1 is 1.17 bits per heavy atom. The lowest BCUT2D eigenvalue weighted by atomic mass is 9.90. The number of ether oxygens (including phenoxy) is 3. The summed E-state index contributed by atoms with van der Waals surface area (Å²) in [6.45, 7) is 3.10. The third-order valence-electron chi connectivity index (χ3n) is 5.09. The van der Waals surface area contributed by atoms with Gasteiger partial charge >= 0.3 is 0 Å². The van der Waals surface area contributed by atoms with Gasteiger partial charge in [0.05, 0.1) is 32.0 Å². The summed E-state index contributed by atoms with van der Waals surface area (Å²) in [6.07, 6.45) is 3.54. The molecule has 1 N–H and O–H groups in total. The van der Waals surface area contributed by atoms with Gasteiger partial charge in [-0.15, -0.1) is 0 Å². The molecule has 2 fully saturated rings. The minimum atomic E-state index is -0.371. The molecule has 2 heterocycles. The van der Waals surface area contributed by atoms with Crippen molar-refractivity contribution in [3.8, 4) is 5.75 Å². The maximum atomic E-state index is 12.4. The molecule has 4 rings (SSSR count). The second-order valence-corrected chi connectivity index (χ2v) is 6.69. The predicted octanol–water partition coefficient (Wildman–Crippen LogP) is 1.69. The average Bonchev–Trinajstić information content (AvgIpc) is 3.06. The average molecular weight is 332 g/mol. The van der Waals surface area contributed by atoms with Crippen LogP contribution in [-0.2, 0) is 14.3 Å². The minimum absolute atomic E-state index is 0.0703. The molecule has 1 saturated carbocycles. The number of hydrogen-bond acceptors (Lipinski definition) is 5. The first-order chi connectivity index (χ1) is 11.7. The van der Waals surface area contributed by atoms with Gasteiger partial charge in [0.2, 0.25) is 5.91 Å². The molecule has 0 radical (unpaired) electrons. The van der Waals surface area contributed by atoms with E-state index >= 15 is 0 Å². The largest absolute Gasteiger partial charge is 0.490 e. The standard InChI is InChI=1S/C18H24N2O4/c21-17(13-20-9-10-22-16-4-2-1-3-15(16)20)19-14-5-7-18(8-6-14)23-11-12-24-18/h1-4,14H,5-13H2,(H,19,21). The highest BCUT2D eigenvalue weighted by molar-refractivity contribution is 5.82. The first-order valence-corrected chi connectivity index (χ1v) is 8.78. The Bertz CT molecular complexity index is 590. The molecule has 0 atom stereocenters. The Hall–Kier alpha value is -1.79. The molecule has 0 unspecified atom stereocenters. The molecule has 24 heavy (non-hydrogen) atoms. The Morgan fingerprint density at radius 3 is 2.71 bits per heavy atom. The van der Waals surface area contributed by atoms with Gasteiger partial charge in [0.1, 0.15) is 12.4 Å². The molecule has 1 aromatic rings. The normalized spacial score (nSPS) is 22.9. The molecule has 6 nitrogen and oxygen atoms in total. The Morgan fingerprint density at radius 2 is 1.92 bits per heavy atom. The van der Waals surface area contributed by atoms with Crippen LogP contribution < -0.4 is 15.0 Å². The van der Waals surface area contributed by atoms with Crippen LogP contribution in [0.3, 0.4) is 0 Å². The fourth-order valence-electron chi connectivity index (χ4n) is 3.83. The van der Waals surface area contributed by atoms with Crippen molar-refractivity contribution >= 4 is 11.6 Å². The summed E-state index contributed by atoms with van der Waals surface area (Å²) in [5.41, 5.74) is 0.995. The van der Waals surface area contributed by atoms with Crippen molar-refractivity contribution in [2.75, 3.05) is 37.8 Å². The molecule has 3 aliphatic rings. The maximum absolute atomic E-state index is 12.4. The lowest BCUT2D eigenvalue weighted by molar-refractivity contribution is -0.180. The van der Waals surface area contributed by atoms with Crippen LogP contribution in [0.1, 0.15) is 25.7 Å². The number of carbonyl (C=O) groups is 1. The van der Waals surface area contributed by atoms with E-state index in [1.165, 1.54) is 0 Å². The molecule has 1 aromatic carbocycles. The van der Waals surface area contributed by atoms with Crippen LogP contribution in [0.25, 0.3) is 0 Å². The van der Waals surface area contributed by atoms with Crippen LogP contribution in [0.15, 0.2) is 24.3 Å². The molecule has 1 amide bonds. The summed E-state index contributed by atoms with van der Waals surface area (Å²) >= 11 is 0. The van der Waals surface area contributed by atoms with Gasteiger partial charge in [-0.2, -0.15) is 0 Å². The van der Waals surface area contributed by atoms with Crippen LogP contribution in [0.4, 0.5) is 5.69 Å². The second kappa shape index (κ2) is 6.61. The summed E-state index contributed by atoms with van der Waals surface area (Å²) in [7, 11) is 0. The summed E-state index contributed by atoms with van der Waals surface area (Å²) in [6, 6.07) is 8.09. The number of amides is 1. The quantitative estimate of drug-likeness (QED) is 0.913. The first-order valence-electron chi connectivity index (χ1n) is 8.78. The van der Waals surface area contributed by atoms with Crippen molar-refractivity contribution in [2.45, 2.75) is 37.5 Å². The number of anilines is 1. The van der Waals surface area contributed by atoms with Gasteiger partial charge in [-0.25, -0.2) is 0 Å². The zero-order valence-electron chi connectivity index (χ0n) is 13.8. The van der Waals surface area contributed by atoms with Crippen molar-refractivity contribution in [3.63, 3.8) is 0 Å². The zero-order chi connectivity index (χ0) is 16.4.